The van der Waals surface area contributed by atoms with E-state index < -0.39 is 307 Å². The Morgan fingerprint density at radius 1 is 0.534 bits per heavy atom. The monoisotopic (exact) mass is 2330 g/mol. The number of phosphoric acid groups is 6. The molecule has 9 heterocycles. The van der Waals surface area contributed by atoms with Gasteiger partial charge in [-0.15, -0.1) is 5.06 Å². The van der Waals surface area contributed by atoms with E-state index >= 15 is 0 Å². The first-order valence-corrected chi connectivity index (χ1v) is 55.7. The number of hydrogen-bond donors (Lipinski definition) is 14. The highest BCUT2D eigenvalue weighted by Crippen LogP contribution is 2.64. The third-order valence-corrected chi connectivity index (χ3v) is 33.1. The smallest absolute Gasteiger partial charge is 0.365 e. The minimum absolute atomic E-state index is 0.0618. The number of halogens is 4. The Kier molecular flexibility index (Phi) is 32.7. The summed E-state index contributed by atoms with van der Waals surface area (Å²) in [6.07, 6.45) is 2.51. The Labute approximate surface area is 844 Å². The van der Waals surface area contributed by atoms with Gasteiger partial charge in [0.15, 0.2) is 32.5 Å². The van der Waals surface area contributed by atoms with Gasteiger partial charge in [0, 0.05) is 69.4 Å². The molecule has 60 nitrogen and oxygen atoms in total. The van der Waals surface area contributed by atoms with E-state index in [1.54, 1.807) is 10.8 Å². The van der Waals surface area contributed by atoms with Crippen molar-refractivity contribution in [1.82, 2.24) is 39.5 Å². The topological polar surface area (TPSA) is 1010 Å². The second-order valence-electron chi connectivity index (χ2n) is 30.2. The molecule has 3 fully saturated rings. The van der Waals surface area contributed by atoms with E-state index in [9.17, 15) is 148 Å². The van der Waals surface area contributed by atoms with Gasteiger partial charge in [-0.1, -0.05) is 70.1 Å². The molecule has 0 spiro atoms. The average Bonchev–Trinajstić information content (AvgIpc) is 0.909. The number of amides is 3. The normalized spacial score (nSPS) is 18.1. The van der Waals surface area contributed by atoms with Crippen molar-refractivity contribution >= 4 is 236 Å². The zero-order chi connectivity index (χ0) is 109. The largest absolute Gasteiger partial charge is 0.756 e. The first-order chi connectivity index (χ1) is 68.5. The van der Waals surface area contributed by atoms with Gasteiger partial charge in [0.2, 0.25) is 0 Å². The van der Waals surface area contributed by atoms with Crippen LogP contribution in [0.3, 0.4) is 0 Å². The van der Waals surface area contributed by atoms with Gasteiger partial charge in [0.1, 0.15) is 78.1 Å². The SMILES string of the molecule is N=c1ccc2c(-c3c(Cl)cc(C(=O)NCC#Cc4cn([C@H]5CC[C@@H](COP(=O)([O-])OP(=O)([O-])OP(=O)([O-])O)O5)c5ncnc(N)c45)c(Cl)c3C(=O)O)c3ccc(N)c(S(=O)(=O)[O-])c3oc-2c1S(=O)(=O)O.N=c1ccc2c(-c3c(Cl)cc(C(=O)ON4C(=O)CCC4=O)c(Cl)c3C(=O)O)c3ccc(N)c(S(=O)(=O)[O-])c3oc-2c1S(=O)(=O)O.NCC#Cc1cn([C@H]2CC[C@@H](COP(=O)([O-])OP(=O)([O-])OP(=O)([O-])O)O2)c2ncnc(N)c12. The molecule has 74 heteroatoms. The summed E-state index contributed by atoms with van der Waals surface area (Å²) in [6, 6.07) is 9.64. The van der Waals surface area contributed by atoms with Gasteiger partial charge in [0.25, 0.3) is 84.9 Å². The van der Waals surface area contributed by atoms with E-state index in [-0.39, 0.29) is 76.5 Å². The summed E-state index contributed by atoms with van der Waals surface area (Å²) in [5.74, 6) is 1.41. The second-order valence-corrected chi connectivity index (χ2v) is 45.7. The van der Waals surface area contributed by atoms with Gasteiger partial charge < -0.3 is 134 Å². The summed E-state index contributed by atoms with van der Waals surface area (Å²) in [6.45, 7) is -1.84. The lowest BCUT2D eigenvalue weighted by molar-refractivity contribution is -0.254. The zero-order valence-electron chi connectivity index (χ0n) is 72.4. The van der Waals surface area contributed by atoms with Crippen molar-refractivity contribution in [3.63, 3.8) is 0 Å². The molecule has 788 valence electrons. The number of fused-ring (bicyclic) bond motifs is 6. The number of ether oxygens (including phenoxy) is 2. The van der Waals surface area contributed by atoms with Crippen molar-refractivity contribution in [1.29, 1.82) is 10.8 Å². The maximum atomic E-state index is 13.6. The van der Waals surface area contributed by atoms with Crippen molar-refractivity contribution < 1.29 is 207 Å². The fourth-order valence-corrected chi connectivity index (χ4v) is 25.1. The molecular formula is C74H57Cl4N15O45P6S4-8. The van der Waals surface area contributed by atoms with E-state index in [1.807, 2.05) is 0 Å². The third kappa shape index (κ3) is 24.8. The van der Waals surface area contributed by atoms with Crippen LogP contribution in [-0.4, -0.2) is 180 Å². The molecular weight excluding hydrogens is 2270 g/mol. The molecule has 5 aliphatic heterocycles. The van der Waals surface area contributed by atoms with Crippen LogP contribution in [0.25, 0.3) is 88.9 Å². The number of aromatic carboxylic acids is 2. The maximum Gasteiger partial charge on any atom is 0.365 e. The van der Waals surface area contributed by atoms with Crippen molar-refractivity contribution in [2.75, 3.05) is 49.2 Å². The quantitative estimate of drug-likeness (QED) is 0.00837. The molecule has 10 atom stereocenters. The van der Waals surface area contributed by atoms with Crippen LogP contribution in [0.4, 0.5) is 23.0 Å². The number of nitrogens with two attached hydrogens (primary N) is 5. The van der Waals surface area contributed by atoms with Crippen LogP contribution in [0.2, 0.25) is 20.1 Å². The molecule has 4 aromatic carbocycles. The molecule has 4 aromatic heterocycles. The minimum Gasteiger partial charge on any atom is -0.756 e. The van der Waals surface area contributed by atoms with E-state index in [0.29, 0.717) is 29.4 Å². The molecule has 15 rings (SSSR count). The van der Waals surface area contributed by atoms with E-state index in [4.69, 9.17) is 119 Å². The van der Waals surface area contributed by atoms with Gasteiger partial charge >= 0.3 is 17.9 Å². The van der Waals surface area contributed by atoms with Crippen molar-refractivity contribution in [3.05, 3.63) is 150 Å². The number of carboxylic acid groups (broad SMARTS) is 2. The van der Waals surface area contributed by atoms with E-state index in [2.05, 4.69) is 75.2 Å². The standard InChI is InChI=1S/C35H30Cl2N7O21P3S2.C25H15Cl2N3O13S2.C14H20N5O11P3/c36-19-10-18(27(37)26(35(46)47)25(19)24-16-4-6-20(38)30(69(55,56)57)28(16)63-29-17(24)5-7-21(39)31(29)70(58,59)60)34(45)41-9-1-2-14-11-44(33-23(14)32(40)42-13-43-33)22-8-3-15(62-22)12-61-67(51,52)65-68(53,54)64-66(48,49)50;26-11-7-10(25(35)43-30-14(31)5-6-15(30)32)19(27)18(24(33)34)17(11)16-8-1-3-12(28)22(44(36,37)38)20(8)42-21-9(16)2-4-13(29)23(21)45(39,40)41;15-5-1-2-9-6-19(14-12(9)13(16)17-8-18-14)11-4-3-10(28-11)7-27-32(23,24)30-33(25,26)29-31(20,21)22/h4-7,10-11,13,15,22,38H,3,8-9,12,39H2,(H,41,45)(H,46,47)(H,51,52)(H,53,54)(H2,40,42,43)(H2,48,49,50)(H,55,56,57)(H,58,59,60);1-4,7,28H,5-6,29H2,(H,33,34)(H,36,37,38)(H,39,40,41);6,8,10-11H,3-5,7,15H2,(H,23,24)(H,25,26)(H2,16,17,18)(H2,20,21,22)/p-8/t15-,22+;;10-,11+/m0.0/s1. The van der Waals surface area contributed by atoms with Crippen molar-refractivity contribution in [2.45, 2.75) is 82.8 Å². The lowest BCUT2D eigenvalue weighted by atomic mass is 9.89. The first-order valence-electron chi connectivity index (χ1n) is 39.7. The molecule has 6 unspecified atom stereocenters. The number of phosphoric ester groups is 2. The third-order valence-electron chi connectivity index (χ3n) is 20.6. The van der Waals surface area contributed by atoms with Crippen LogP contribution < -0.4 is 74.1 Å². The van der Waals surface area contributed by atoms with Crippen LogP contribution in [0, 0.1) is 34.5 Å². The van der Waals surface area contributed by atoms with E-state index in [0.717, 1.165) is 67.0 Å². The van der Waals surface area contributed by atoms with Gasteiger partial charge in [-0.2, -0.15) is 16.8 Å². The molecule has 148 heavy (non-hydrogen) atoms. The van der Waals surface area contributed by atoms with Gasteiger partial charge in [-0.3, -0.25) is 61.7 Å². The fourth-order valence-electron chi connectivity index (χ4n) is 15.1. The molecule has 0 saturated carbocycles. The number of nitrogens with one attached hydrogen (secondary N) is 3. The number of benzene rings is 6. The Hall–Kier alpha value is -11.7. The highest BCUT2D eigenvalue weighted by Gasteiger charge is 2.42. The Morgan fingerprint density at radius 3 is 1.29 bits per heavy atom. The zero-order valence-corrected chi connectivity index (χ0v) is 84.1. The predicted octanol–water partition coefficient (Wildman–Crippen LogP) is 2.75. The predicted molar refractivity (Wildman–Crippen MR) is 485 cm³/mol. The minimum atomic E-state index is -6.14. The molecule has 0 bridgehead atoms. The van der Waals surface area contributed by atoms with Crippen LogP contribution in [0.1, 0.15) is 104 Å². The molecule has 3 amide bonds. The molecule has 0 radical (unpaired) electrons. The lowest BCUT2D eigenvalue weighted by Gasteiger charge is -2.32. The number of hydroxylamine groups is 2. The second kappa shape index (κ2) is 42.6. The van der Waals surface area contributed by atoms with Crippen LogP contribution >= 0.6 is 93.3 Å². The highest BCUT2D eigenvalue weighted by atomic mass is 35.5. The summed E-state index contributed by atoms with van der Waals surface area (Å²) in [7, 11) is -57.0. The Balaban J connectivity index is 0.000000201. The Morgan fingerprint density at radius 2 is 0.919 bits per heavy atom. The average molecular weight is 2330 g/mol. The van der Waals surface area contributed by atoms with Gasteiger partial charge in [-0.25, -0.2) is 68.4 Å². The molecule has 8 aromatic rings. The number of carboxylic acids is 2. The number of nitrogen functional groups attached to an aromatic ring is 4. The van der Waals surface area contributed by atoms with Crippen LogP contribution in [0.15, 0.2) is 114 Å². The van der Waals surface area contributed by atoms with Gasteiger partial charge in [-0.05, 0) is 86.3 Å². The summed E-state index contributed by atoms with van der Waals surface area (Å²) < 4.78 is 260. The molecule has 3 saturated heterocycles. The molecule has 19 N–H and O–H groups in total. The summed E-state index contributed by atoms with van der Waals surface area (Å²) in [5.41, 5.74) is 21.2. The maximum absolute atomic E-state index is 13.6. The number of carbonyl (C=O) groups excluding carboxylic acids is 4. The number of rotatable bonds is 28. The fraction of sp³-hybridized carbons (Fsp3) is 0.189. The van der Waals surface area contributed by atoms with Crippen molar-refractivity contribution in [2.24, 2.45) is 5.73 Å². The summed E-state index contributed by atoms with van der Waals surface area (Å²) in [5, 5.41) is 35.0. The lowest BCUT2D eigenvalue weighted by Crippen LogP contribution is -2.32. The van der Waals surface area contributed by atoms with Gasteiger partial charge in [0.05, 0.1) is 125 Å². The van der Waals surface area contributed by atoms with Crippen LogP contribution in [-0.2, 0) is 118 Å². The Bertz CT molecular complexity index is 8720. The number of imide groups is 1. The first kappa shape index (κ1) is 113. The highest BCUT2D eigenvalue weighted by molar-refractivity contribution is 7.87. The van der Waals surface area contributed by atoms with Crippen LogP contribution in [0.5, 0.6) is 0 Å². The number of carbonyl (C=O) groups is 6. The number of nitrogens with zero attached hydrogens (tertiary/aromatic N) is 7. The number of aromatic nitrogens is 6. The molecule has 2 aliphatic carbocycles. The number of hydrogen-bond acceptors (Lipinski definition) is 50. The summed E-state index contributed by atoms with van der Waals surface area (Å²) in [4.78, 5) is 177. The molecule has 7 aliphatic rings. The summed E-state index contributed by atoms with van der Waals surface area (Å²) >= 11 is 26.2. The number of anilines is 4. The van der Waals surface area contributed by atoms with Crippen molar-refractivity contribution in [3.8, 4) is 68.6 Å². The van der Waals surface area contributed by atoms with E-state index in [1.165, 1.54) is 17.1 Å².